The van der Waals surface area contributed by atoms with Crippen LogP contribution in [-0.2, 0) is 11.3 Å². The molecule has 5 nitrogen and oxygen atoms in total. The van der Waals surface area contributed by atoms with Crippen LogP contribution in [0.2, 0.25) is 0 Å². The molecule has 2 aliphatic heterocycles. The molecular formula is C18H25N3O2. The van der Waals surface area contributed by atoms with Gasteiger partial charge in [0.15, 0.2) is 0 Å². The van der Waals surface area contributed by atoms with Gasteiger partial charge in [0.05, 0.1) is 0 Å². The second-order valence-electron chi connectivity index (χ2n) is 6.43. The van der Waals surface area contributed by atoms with Gasteiger partial charge in [-0.1, -0.05) is 24.8 Å². The Hall–Kier alpha value is -1.85. The third-order valence-electron chi connectivity index (χ3n) is 4.42. The molecule has 0 radical (unpaired) electrons. The first-order chi connectivity index (χ1) is 11.1. The first-order valence-corrected chi connectivity index (χ1v) is 8.22. The fourth-order valence-corrected chi connectivity index (χ4v) is 3.19. The number of hydrogen-bond donors (Lipinski definition) is 1. The summed E-state index contributed by atoms with van der Waals surface area (Å²) in [6, 6.07) is 8.11. The zero-order valence-electron chi connectivity index (χ0n) is 13.8. The molecule has 0 aromatic heterocycles. The molecule has 2 heterocycles. The molecule has 2 saturated heterocycles. The Kier molecular flexibility index (Phi) is 4.98. The molecule has 23 heavy (non-hydrogen) atoms. The topological polar surface area (TPSA) is 44.8 Å². The molecule has 1 amide bonds. The molecule has 3 rings (SSSR count). The summed E-state index contributed by atoms with van der Waals surface area (Å²) in [6.45, 7) is 11.6. The lowest BCUT2D eigenvalue weighted by atomic mass is 10.1. The number of fused-ring (bicyclic) bond motifs is 1. The number of carbonyl (C=O) groups excluding carboxylic acids is 1. The van der Waals surface area contributed by atoms with E-state index in [1.807, 2.05) is 25.1 Å². The van der Waals surface area contributed by atoms with Gasteiger partial charge < -0.3 is 10.1 Å². The molecule has 1 aromatic rings. The Bertz CT molecular complexity index is 587. The molecule has 1 N–H and O–H groups in total. The first-order valence-electron chi connectivity index (χ1n) is 8.22. The van der Waals surface area contributed by atoms with Crippen molar-refractivity contribution in [3.05, 3.63) is 42.0 Å². The van der Waals surface area contributed by atoms with Crippen LogP contribution in [0.4, 0.5) is 0 Å². The standard InChI is InChI=1S/C18H25N3O2/c1-14(2)13-23-17-6-4-3-5-15(17)11-20-9-10-21-8-7-19-18(22)16(21)12-20/h3-6,16H,1,7-13H2,2H3,(H,19,22)/t16-/m0/s1. The van der Waals surface area contributed by atoms with E-state index in [0.717, 1.165) is 50.6 Å². The highest BCUT2D eigenvalue weighted by Gasteiger charge is 2.34. The highest BCUT2D eigenvalue weighted by atomic mass is 16.5. The molecule has 0 aliphatic carbocycles. The molecule has 1 atom stereocenters. The van der Waals surface area contributed by atoms with Gasteiger partial charge in [-0.3, -0.25) is 14.6 Å². The van der Waals surface area contributed by atoms with Crippen molar-refractivity contribution < 1.29 is 9.53 Å². The number of benzene rings is 1. The Morgan fingerprint density at radius 2 is 2.17 bits per heavy atom. The van der Waals surface area contributed by atoms with Crippen LogP contribution in [0.25, 0.3) is 0 Å². The van der Waals surface area contributed by atoms with Crippen LogP contribution in [0.3, 0.4) is 0 Å². The quantitative estimate of drug-likeness (QED) is 0.831. The molecular weight excluding hydrogens is 290 g/mol. The van der Waals surface area contributed by atoms with Gasteiger partial charge in [-0.25, -0.2) is 0 Å². The average molecular weight is 315 g/mol. The summed E-state index contributed by atoms with van der Waals surface area (Å²) < 4.78 is 5.85. The summed E-state index contributed by atoms with van der Waals surface area (Å²) in [4.78, 5) is 16.7. The van der Waals surface area contributed by atoms with E-state index in [4.69, 9.17) is 4.74 Å². The van der Waals surface area contributed by atoms with Crippen molar-refractivity contribution in [1.82, 2.24) is 15.1 Å². The van der Waals surface area contributed by atoms with E-state index in [-0.39, 0.29) is 11.9 Å². The molecule has 0 saturated carbocycles. The second kappa shape index (κ2) is 7.15. The van der Waals surface area contributed by atoms with Gasteiger partial charge in [-0.15, -0.1) is 0 Å². The van der Waals surface area contributed by atoms with Gasteiger partial charge in [0.1, 0.15) is 18.4 Å². The SMILES string of the molecule is C=C(C)COc1ccccc1CN1CCN2CCNC(=O)[C@@H]2C1. The Balaban J connectivity index is 1.65. The first kappa shape index (κ1) is 16.0. The van der Waals surface area contributed by atoms with Gasteiger partial charge >= 0.3 is 0 Å². The van der Waals surface area contributed by atoms with Crippen molar-refractivity contribution >= 4 is 5.91 Å². The summed E-state index contributed by atoms with van der Waals surface area (Å²) in [5.41, 5.74) is 2.17. The lowest BCUT2D eigenvalue weighted by molar-refractivity contribution is -0.131. The fraction of sp³-hybridized carbons (Fsp3) is 0.500. The van der Waals surface area contributed by atoms with Gasteiger partial charge in [0.25, 0.3) is 0 Å². The van der Waals surface area contributed by atoms with Crippen LogP contribution in [0.5, 0.6) is 5.75 Å². The number of amides is 1. The Labute approximate surface area is 137 Å². The molecule has 5 heteroatoms. The molecule has 0 unspecified atom stereocenters. The lowest BCUT2D eigenvalue weighted by Gasteiger charge is -2.43. The molecule has 2 aliphatic rings. The summed E-state index contributed by atoms with van der Waals surface area (Å²) in [5.74, 6) is 1.07. The Morgan fingerprint density at radius 1 is 1.35 bits per heavy atom. The number of ether oxygens (including phenoxy) is 1. The number of nitrogens with one attached hydrogen (secondary N) is 1. The van der Waals surface area contributed by atoms with Crippen LogP contribution >= 0.6 is 0 Å². The van der Waals surface area contributed by atoms with E-state index < -0.39 is 0 Å². The molecule has 124 valence electrons. The lowest BCUT2D eigenvalue weighted by Crippen LogP contribution is -2.63. The largest absolute Gasteiger partial charge is 0.489 e. The highest BCUT2D eigenvalue weighted by Crippen LogP contribution is 2.22. The van der Waals surface area contributed by atoms with Crippen molar-refractivity contribution in [3.63, 3.8) is 0 Å². The summed E-state index contributed by atoms with van der Waals surface area (Å²) >= 11 is 0. The van der Waals surface area contributed by atoms with Gasteiger partial charge in [0, 0.05) is 44.8 Å². The molecule has 2 fully saturated rings. The number of carbonyl (C=O) groups is 1. The third kappa shape index (κ3) is 3.92. The van der Waals surface area contributed by atoms with Gasteiger partial charge in [-0.2, -0.15) is 0 Å². The third-order valence-corrected chi connectivity index (χ3v) is 4.42. The van der Waals surface area contributed by atoms with Crippen molar-refractivity contribution in [1.29, 1.82) is 0 Å². The Morgan fingerprint density at radius 3 is 3.00 bits per heavy atom. The number of rotatable bonds is 5. The minimum atomic E-state index is -0.0130. The monoisotopic (exact) mass is 315 g/mol. The van der Waals surface area contributed by atoms with E-state index in [2.05, 4.69) is 27.8 Å². The van der Waals surface area contributed by atoms with E-state index in [1.54, 1.807) is 0 Å². The molecule has 1 aromatic carbocycles. The van der Waals surface area contributed by atoms with E-state index in [0.29, 0.717) is 6.61 Å². The molecule has 0 bridgehead atoms. The van der Waals surface area contributed by atoms with Crippen LogP contribution in [0.1, 0.15) is 12.5 Å². The fourth-order valence-electron chi connectivity index (χ4n) is 3.19. The van der Waals surface area contributed by atoms with Crippen molar-refractivity contribution in [2.75, 3.05) is 39.3 Å². The number of piperazine rings is 2. The molecule has 0 spiro atoms. The number of hydrogen-bond acceptors (Lipinski definition) is 4. The maximum atomic E-state index is 12.1. The van der Waals surface area contributed by atoms with Gasteiger partial charge in [0.2, 0.25) is 5.91 Å². The van der Waals surface area contributed by atoms with E-state index >= 15 is 0 Å². The minimum Gasteiger partial charge on any atom is -0.489 e. The summed E-state index contributed by atoms with van der Waals surface area (Å²) in [7, 11) is 0. The van der Waals surface area contributed by atoms with Crippen LogP contribution in [-0.4, -0.2) is 61.1 Å². The van der Waals surface area contributed by atoms with Crippen molar-refractivity contribution in [2.24, 2.45) is 0 Å². The average Bonchev–Trinajstić information content (AvgIpc) is 2.55. The second-order valence-corrected chi connectivity index (χ2v) is 6.43. The zero-order valence-corrected chi connectivity index (χ0v) is 13.8. The van der Waals surface area contributed by atoms with E-state index in [1.165, 1.54) is 5.56 Å². The van der Waals surface area contributed by atoms with Crippen LogP contribution in [0.15, 0.2) is 36.4 Å². The number of para-hydroxylation sites is 1. The normalized spacial score (nSPS) is 22.3. The maximum Gasteiger partial charge on any atom is 0.238 e. The smallest absolute Gasteiger partial charge is 0.238 e. The zero-order chi connectivity index (χ0) is 16.2. The van der Waals surface area contributed by atoms with Crippen molar-refractivity contribution in [3.8, 4) is 5.75 Å². The van der Waals surface area contributed by atoms with Gasteiger partial charge in [-0.05, 0) is 18.6 Å². The van der Waals surface area contributed by atoms with E-state index in [9.17, 15) is 4.79 Å². The predicted molar refractivity (Wildman–Crippen MR) is 90.4 cm³/mol. The minimum absolute atomic E-state index is 0.0130. The van der Waals surface area contributed by atoms with Crippen molar-refractivity contribution in [2.45, 2.75) is 19.5 Å². The predicted octanol–water partition coefficient (Wildman–Crippen LogP) is 1.26. The summed E-state index contributed by atoms with van der Waals surface area (Å²) in [5, 5.41) is 2.97. The highest BCUT2D eigenvalue weighted by molar-refractivity contribution is 5.82. The summed E-state index contributed by atoms with van der Waals surface area (Å²) in [6.07, 6.45) is 0. The number of nitrogens with zero attached hydrogens (tertiary/aromatic N) is 2. The maximum absolute atomic E-state index is 12.1. The van der Waals surface area contributed by atoms with Crippen LogP contribution in [0, 0.1) is 0 Å². The van der Waals surface area contributed by atoms with Crippen LogP contribution < -0.4 is 10.1 Å².